The van der Waals surface area contributed by atoms with Gasteiger partial charge in [0.05, 0.1) is 24.1 Å². The first-order valence-corrected chi connectivity index (χ1v) is 11.0. The highest BCUT2D eigenvalue weighted by molar-refractivity contribution is 5.96. The lowest BCUT2D eigenvalue weighted by Gasteiger charge is -2.33. The van der Waals surface area contributed by atoms with E-state index in [4.69, 9.17) is 0 Å². The summed E-state index contributed by atoms with van der Waals surface area (Å²) in [6.45, 7) is 2.80. The van der Waals surface area contributed by atoms with Crippen LogP contribution in [0.25, 0.3) is 0 Å². The van der Waals surface area contributed by atoms with Crippen molar-refractivity contribution in [1.29, 1.82) is 0 Å². The van der Waals surface area contributed by atoms with Crippen molar-refractivity contribution in [2.24, 2.45) is 5.41 Å². The lowest BCUT2D eigenvalue weighted by atomic mass is 9.82. The molecule has 9 heteroatoms. The molecule has 0 spiro atoms. The Morgan fingerprint density at radius 3 is 2.41 bits per heavy atom. The highest BCUT2D eigenvalue weighted by Crippen LogP contribution is 2.47. The molecular weight excluding hydrogens is 446 g/mol. The fourth-order valence-electron chi connectivity index (χ4n) is 4.48. The van der Waals surface area contributed by atoms with Crippen molar-refractivity contribution in [2.45, 2.75) is 51.3 Å². The van der Waals surface area contributed by atoms with Crippen molar-refractivity contribution >= 4 is 11.9 Å². The topological polar surface area (TPSA) is 110 Å². The van der Waals surface area contributed by atoms with Gasteiger partial charge in [-0.2, -0.15) is 0 Å². The number of hydrogen-bond acceptors (Lipinski definition) is 5. The monoisotopic (exact) mass is 476 g/mol. The van der Waals surface area contributed by atoms with Gasteiger partial charge in [0.2, 0.25) is 0 Å². The molecule has 1 heterocycles. The molecule has 184 valence electrons. The molecule has 1 aliphatic heterocycles. The fraction of sp³-hybridized carbons (Fsp3) is 0.440. The smallest absolute Gasteiger partial charge is 0.321 e. The Labute approximate surface area is 197 Å². The predicted molar refractivity (Wildman–Crippen MR) is 122 cm³/mol. The number of nitrogens with one attached hydrogen (secondary N) is 1. The van der Waals surface area contributed by atoms with Crippen molar-refractivity contribution in [3.05, 3.63) is 65.2 Å². The van der Waals surface area contributed by atoms with Crippen LogP contribution >= 0.6 is 0 Å². The molecule has 0 saturated carbocycles. The Hall–Kier alpha value is -3.04. The summed E-state index contributed by atoms with van der Waals surface area (Å²) in [6.07, 6.45) is -1.15. The number of phenols is 1. The van der Waals surface area contributed by atoms with Gasteiger partial charge in [-0.3, -0.25) is 14.5 Å². The van der Waals surface area contributed by atoms with Crippen LogP contribution in [0.5, 0.6) is 5.75 Å². The Morgan fingerprint density at radius 1 is 1.15 bits per heavy atom. The van der Waals surface area contributed by atoms with Gasteiger partial charge in [0.1, 0.15) is 11.8 Å². The number of carbonyl (C=O) groups excluding carboxylic acids is 1. The van der Waals surface area contributed by atoms with Crippen LogP contribution in [0.3, 0.4) is 0 Å². The summed E-state index contributed by atoms with van der Waals surface area (Å²) in [4.78, 5) is 25.9. The number of carbonyl (C=O) groups is 2. The molecular formula is C25H30F2N2O5. The number of amides is 1. The maximum absolute atomic E-state index is 14.6. The van der Waals surface area contributed by atoms with Crippen LogP contribution in [0.15, 0.2) is 48.5 Å². The number of rotatable bonds is 8. The first-order valence-electron chi connectivity index (χ1n) is 11.0. The second kappa shape index (κ2) is 9.68. The van der Waals surface area contributed by atoms with Gasteiger partial charge in [-0.1, -0.05) is 50.2 Å². The van der Waals surface area contributed by atoms with Crippen molar-refractivity contribution in [3.8, 4) is 5.75 Å². The molecule has 1 fully saturated rings. The van der Waals surface area contributed by atoms with Gasteiger partial charge in [0, 0.05) is 17.7 Å². The van der Waals surface area contributed by atoms with Gasteiger partial charge in [0.25, 0.3) is 11.8 Å². The number of aliphatic carboxylic acids is 1. The van der Waals surface area contributed by atoms with E-state index in [1.807, 2.05) is 6.07 Å². The number of benzene rings is 2. The largest absolute Gasteiger partial charge is 0.508 e. The summed E-state index contributed by atoms with van der Waals surface area (Å²) in [5.74, 6) is -5.27. The van der Waals surface area contributed by atoms with Gasteiger partial charge in [-0.15, -0.1) is 0 Å². The van der Waals surface area contributed by atoms with Crippen LogP contribution in [0.2, 0.25) is 0 Å². The molecule has 2 aromatic rings. The second-order valence-corrected chi connectivity index (χ2v) is 9.38. The normalized spacial score (nSPS) is 21.1. The highest BCUT2D eigenvalue weighted by Gasteiger charge is 2.63. The molecule has 1 saturated heterocycles. The lowest BCUT2D eigenvalue weighted by Crippen LogP contribution is -2.52. The molecule has 0 radical (unpaired) electrons. The number of aromatic hydroxyl groups is 1. The average molecular weight is 477 g/mol. The molecule has 1 amide bonds. The Kier molecular flexibility index (Phi) is 7.28. The molecule has 34 heavy (non-hydrogen) atoms. The van der Waals surface area contributed by atoms with Crippen LogP contribution in [0, 0.1) is 12.3 Å². The van der Waals surface area contributed by atoms with E-state index in [2.05, 4.69) is 5.32 Å². The van der Waals surface area contributed by atoms with E-state index >= 15 is 0 Å². The van der Waals surface area contributed by atoms with Crippen LogP contribution in [0.4, 0.5) is 8.78 Å². The van der Waals surface area contributed by atoms with Crippen LogP contribution in [-0.4, -0.2) is 69.3 Å². The highest BCUT2D eigenvalue weighted by atomic mass is 19.3. The molecule has 2 aromatic carbocycles. The zero-order valence-corrected chi connectivity index (χ0v) is 19.3. The van der Waals surface area contributed by atoms with E-state index in [0.717, 1.165) is 10.5 Å². The van der Waals surface area contributed by atoms with Crippen LogP contribution in [0.1, 0.15) is 35.3 Å². The Bertz CT molecular complexity index is 1040. The van der Waals surface area contributed by atoms with E-state index in [-0.39, 0.29) is 24.3 Å². The number of nitrogens with zero attached hydrogens (tertiary/aromatic N) is 1. The third kappa shape index (κ3) is 5.05. The zero-order valence-electron chi connectivity index (χ0n) is 19.3. The first-order chi connectivity index (χ1) is 15.8. The number of hydrogen-bond donors (Lipinski definition) is 4. The van der Waals surface area contributed by atoms with Gasteiger partial charge in [-0.25, -0.2) is 8.78 Å². The minimum atomic E-state index is -3.27. The molecule has 7 nitrogen and oxygen atoms in total. The summed E-state index contributed by atoms with van der Waals surface area (Å²) in [5, 5.41) is 33.4. The van der Waals surface area contributed by atoms with E-state index in [1.54, 1.807) is 31.2 Å². The molecule has 0 bridgehead atoms. The summed E-state index contributed by atoms with van der Waals surface area (Å²) >= 11 is 0. The number of phenolic OH excluding ortho intramolecular Hbond substituents is 1. The Morgan fingerprint density at radius 2 is 1.79 bits per heavy atom. The third-order valence-corrected chi connectivity index (χ3v) is 6.68. The molecule has 1 aliphatic rings. The van der Waals surface area contributed by atoms with Crippen molar-refractivity contribution in [1.82, 2.24) is 10.2 Å². The number of carboxylic acids is 1. The minimum Gasteiger partial charge on any atom is -0.508 e. The molecule has 4 N–H and O–H groups in total. The minimum absolute atomic E-state index is 0.0568. The fourth-order valence-corrected chi connectivity index (χ4v) is 4.48. The maximum atomic E-state index is 14.6. The third-order valence-electron chi connectivity index (χ3n) is 6.68. The van der Waals surface area contributed by atoms with E-state index in [0.29, 0.717) is 5.56 Å². The number of β-amino-alcohol motifs (C(OH)–C–C–N with tert-alkyl or cyclic N) is 1. The quantitative estimate of drug-likeness (QED) is 0.467. The zero-order chi connectivity index (χ0) is 25.3. The Balaban J connectivity index is 1.86. The lowest BCUT2D eigenvalue weighted by molar-refractivity contribution is -0.149. The SMILES string of the molecule is Cc1c(O)cccc1C(=O)N[C@@H](Cc1ccccc1)[C@@H](O)CN1CC(F)(F)C(C)(C)[C@H]1C(=O)O. The van der Waals surface area contributed by atoms with E-state index in [9.17, 15) is 33.7 Å². The molecule has 0 aromatic heterocycles. The van der Waals surface area contributed by atoms with Gasteiger partial charge in [-0.05, 0) is 31.0 Å². The maximum Gasteiger partial charge on any atom is 0.321 e. The summed E-state index contributed by atoms with van der Waals surface area (Å²) < 4.78 is 29.2. The summed E-state index contributed by atoms with van der Waals surface area (Å²) in [6, 6.07) is 11.1. The molecule has 0 aliphatic carbocycles. The number of carboxylic acid groups (broad SMARTS) is 1. The van der Waals surface area contributed by atoms with Crippen LogP contribution in [-0.2, 0) is 11.2 Å². The summed E-state index contributed by atoms with van der Waals surface area (Å²) in [5.41, 5.74) is -0.473. The van der Waals surface area contributed by atoms with Crippen molar-refractivity contribution in [3.63, 3.8) is 0 Å². The molecule has 3 rings (SSSR count). The number of aliphatic hydroxyl groups excluding tert-OH is 1. The average Bonchev–Trinajstić information content (AvgIpc) is 2.93. The number of alkyl halides is 2. The van der Waals surface area contributed by atoms with Crippen molar-refractivity contribution in [2.75, 3.05) is 13.1 Å². The summed E-state index contributed by atoms with van der Waals surface area (Å²) in [7, 11) is 0. The number of aliphatic hydroxyl groups is 1. The second-order valence-electron chi connectivity index (χ2n) is 9.38. The van der Waals surface area contributed by atoms with Crippen molar-refractivity contribution < 1.29 is 33.7 Å². The van der Waals surface area contributed by atoms with Gasteiger partial charge in [0.15, 0.2) is 0 Å². The number of likely N-dealkylation sites (tertiary alicyclic amines) is 1. The van der Waals surface area contributed by atoms with E-state index in [1.165, 1.54) is 32.0 Å². The number of halogens is 2. The van der Waals surface area contributed by atoms with Gasteiger partial charge < -0.3 is 20.6 Å². The molecule has 3 atom stereocenters. The first kappa shape index (κ1) is 25.6. The van der Waals surface area contributed by atoms with Crippen LogP contribution < -0.4 is 5.32 Å². The standard InChI is InChI=1S/C25H30F2N2O5/c1-15-17(10-7-11-19(15)30)22(32)28-18(12-16-8-5-4-6-9-16)20(31)13-29-14-25(26,27)24(2,3)21(29)23(33)34/h4-11,18,20-21,30-31H,12-14H2,1-3H3,(H,28,32)(H,33,34)/t18-,20-,21+/m0/s1. The van der Waals surface area contributed by atoms with Gasteiger partial charge >= 0.3 is 5.97 Å². The predicted octanol–water partition coefficient (Wildman–Crippen LogP) is 2.83. The molecule has 0 unspecified atom stereocenters. The van der Waals surface area contributed by atoms with E-state index < -0.39 is 47.9 Å².